The number of hydrogen-bond donors (Lipinski definition) is 1. The van der Waals surface area contributed by atoms with Crippen molar-refractivity contribution in [2.45, 2.75) is 19.5 Å². The summed E-state index contributed by atoms with van der Waals surface area (Å²) in [6, 6.07) is 15.0. The van der Waals surface area contributed by atoms with E-state index in [0.717, 1.165) is 41.0 Å². The summed E-state index contributed by atoms with van der Waals surface area (Å²) in [5, 5.41) is 9.25. The third-order valence-electron chi connectivity index (χ3n) is 5.25. The van der Waals surface area contributed by atoms with E-state index in [0.29, 0.717) is 12.0 Å². The van der Waals surface area contributed by atoms with E-state index in [-0.39, 0.29) is 0 Å². The highest BCUT2D eigenvalue weighted by molar-refractivity contribution is 7.20. The van der Waals surface area contributed by atoms with E-state index < -0.39 is 0 Å². The van der Waals surface area contributed by atoms with Crippen LogP contribution < -0.4 is 5.32 Å². The third kappa shape index (κ3) is 3.50. The molecular weight excluding hydrogens is 368 g/mol. The maximum atomic E-state index is 4.70. The number of pyridine rings is 1. The highest BCUT2D eigenvalue weighted by Gasteiger charge is 2.30. The third-order valence-corrected chi connectivity index (χ3v) is 6.10. The normalized spacial score (nSPS) is 20.0. The Morgan fingerprint density at radius 3 is 2.82 bits per heavy atom. The van der Waals surface area contributed by atoms with Gasteiger partial charge in [-0.25, -0.2) is 9.50 Å². The molecule has 4 aromatic rings. The SMILES string of the molecule is CC1CN(Cc2ccccc2)CC1Nc1nn2cc(-c3cccnc3)nc2s1. The molecule has 142 valence electrons. The molecule has 2 unspecified atom stereocenters. The van der Waals surface area contributed by atoms with Gasteiger partial charge in [0.25, 0.3) is 0 Å². The van der Waals surface area contributed by atoms with Gasteiger partial charge in [0.05, 0.1) is 11.9 Å². The lowest BCUT2D eigenvalue weighted by molar-refractivity contribution is 0.319. The van der Waals surface area contributed by atoms with Gasteiger partial charge in [0.15, 0.2) is 0 Å². The van der Waals surface area contributed by atoms with Crippen LogP contribution in [-0.2, 0) is 6.54 Å². The molecule has 5 rings (SSSR count). The van der Waals surface area contributed by atoms with Crippen LogP contribution in [0.25, 0.3) is 16.2 Å². The van der Waals surface area contributed by atoms with Crippen molar-refractivity contribution in [1.82, 2.24) is 24.5 Å². The van der Waals surface area contributed by atoms with Crippen molar-refractivity contribution in [3.63, 3.8) is 0 Å². The molecule has 1 saturated heterocycles. The van der Waals surface area contributed by atoms with Gasteiger partial charge >= 0.3 is 0 Å². The number of benzene rings is 1. The van der Waals surface area contributed by atoms with Gasteiger partial charge in [-0.3, -0.25) is 9.88 Å². The van der Waals surface area contributed by atoms with Crippen molar-refractivity contribution in [2.75, 3.05) is 18.4 Å². The average molecular weight is 391 g/mol. The van der Waals surface area contributed by atoms with Gasteiger partial charge in [-0.15, -0.1) is 5.10 Å². The fourth-order valence-corrected chi connectivity index (χ4v) is 4.64. The van der Waals surface area contributed by atoms with Crippen LogP contribution >= 0.6 is 11.3 Å². The first kappa shape index (κ1) is 17.3. The Bertz CT molecular complexity index is 1030. The average Bonchev–Trinajstić information content (AvgIpc) is 3.37. The van der Waals surface area contributed by atoms with E-state index >= 15 is 0 Å². The van der Waals surface area contributed by atoms with Gasteiger partial charge in [0, 0.05) is 43.6 Å². The van der Waals surface area contributed by atoms with E-state index in [2.05, 4.69) is 57.6 Å². The van der Waals surface area contributed by atoms with Crippen molar-refractivity contribution in [3.05, 3.63) is 66.6 Å². The number of hydrogen-bond acceptors (Lipinski definition) is 6. The van der Waals surface area contributed by atoms with Crippen LogP contribution in [0.5, 0.6) is 0 Å². The van der Waals surface area contributed by atoms with E-state index in [9.17, 15) is 0 Å². The second-order valence-electron chi connectivity index (χ2n) is 7.41. The van der Waals surface area contributed by atoms with E-state index in [1.54, 1.807) is 17.5 Å². The molecule has 1 fully saturated rings. The summed E-state index contributed by atoms with van der Waals surface area (Å²) in [5.74, 6) is 0.575. The Kier molecular flexibility index (Phi) is 4.54. The number of nitrogens with one attached hydrogen (secondary N) is 1. The number of fused-ring (bicyclic) bond motifs is 1. The standard InChI is InChI=1S/C21H22N6S/c1-15-11-26(12-16-6-3-2-4-7-16)13-18(15)23-20-25-27-14-19(24-21(27)28-20)17-8-5-9-22-10-17/h2-10,14-15,18H,11-13H2,1H3,(H,23,25). The zero-order valence-corrected chi connectivity index (χ0v) is 16.5. The zero-order chi connectivity index (χ0) is 18.9. The fraction of sp³-hybridized carbons (Fsp3) is 0.286. The zero-order valence-electron chi connectivity index (χ0n) is 15.7. The molecule has 1 aromatic carbocycles. The van der Waals surface area contributed by atoms with Crippen molar-refractivity contribution in [3.8, 4) is 11.3 Å². The lowest BCUT2D eigenvalue weighted by atomic mass is 10.1. The lowest BCUT2D eigenvalue weighted by Crippen LogP contribution is -2.27. The summed E-state index contributed by atoms with van der Waals surface area (Å²) in [6.07, 6.45) is 5.56. The topological polar surface area (TPSA) is 58.4 Å². The predicted octanol–water partition coefficient (Wildman–Crippen LogP) is 3.79. The minimum atomic E-state index is 0.400. The number of nitrogens with zero attached hydrogens (tertiary/aromatic N) is 5. The quantitative estimate of drug-likeness (QED) is 0.562. The maximum Gasteiger partial charge on any atom is 0.214 e. The molecule has 0 saturated carbocycles. The van der Waals surface area contributed by atoms with Crippen molar-refractivity contribution in [2.24, 2.45) is 5.92 Å². The number of imidazole rings is 1. The monoisotopic (exact) mass is 390 g/mol. The highest BCUT2D eigenvalue weighted by atomic mass is 32.1. The first-order valence-corrected chi connectivity index (χ1v) is 10.4. The Morgan fingerprint density at radius 1 is 1.14 bits per heavy atom. The largest absolute Gasteiger partial charge is 0.356 e. The molecule has 0 amide bonds. The molecule has 2 atom stereocenters. The van der Waals surface area contributed by atoms with Crippen LogP contribution in [0.1, 0.15) is 12.5 Å². The number of anilines is 1. The Balaban J connectivity index is 1.27. The molecule has 0 spiro atoms. The Hall–Kier alpha value is -2.77. The Morgan fingerprint density at radius 2 is 2.04 bits per heavy atom. The van der Waals surface area contributed by atoms with Crippen molar-refractivity contribution < 1.29 is 0 Å². The molecule has 4 heterocycles. The molecule has 0 radical (unpaired) electrons. The highest BCUT2D eigenvalue weighted by Crippen LogP contribution is 2.27. The van der Waals surface area contributed by atoms with Crippen LogP contribution in [0.15, 0.2) is 61.1 Å². The molecule has 3 aromatic heterocycles. The van der Waals surface area contributed by atoms with Gasteiger partial charge in [-0.2, -0.15) is 0 Å². The van der Waals surface area contributed by atoms with E-state index in [1.165, 1.54) is 5.56 Å². The van der Waals surface area contributed by atoms with Crippen LogP contribution in [0.2, 0.25) is 0 Å². The van der Waals surface area contributed by atoms with Gasteiger partial charge < -0.3 is 5.32 Å². The van der Waals surface area contributed by atoms with E-state index in [4.69, 9.17) is 4.98 Å². The van der Waals surface area contributed by atoms with Crippen LogP contribution in [0.4, 0.5) is 5.13 Å². The predicted molar refractivity (Wildman–Crippen MR) is 112 cm³/mol. The van der Waals surface area contributed by atoms with Gasteiger partial charge in [-0.05, 0) is 23.6 Å². The number of aromatic nitrogens is 4. The summed E-state index contributed by atoms with van der Waals surface area (Å²) in [4.78, 5) is 12.3. The molecule has 1 aliphatic heterocycles. The second-order valence-corrected chi connectivity index (χ2v) is 8.37. The summed E-state index contributed by atoms with van der Waals surface area (Å²) in [7, 11) is 0. The van der Waals surface area contributed by atoms with Crippen LogP contribution in [-0.4, -0.2) is 43.6 Å². The maximum absolute atomic E-state index is 4.70. The van der Waals surface area contributed by atoms with Crippen molar-refractivity contribution >= 4 is 21.4 Å². The molecule has 0 aliphatic carbocycles. The number of likely N-dealkylation sites (tertiary alicyclic amines) is 1. The molecule has 6 nitrogen and oxygen atoms in total. The smallest absolute Gasteiger partial charge is 0.214 e. The summed E-state index contributed by atoms with van der Waals surface area (Å²) in [6.45, 7) is 5.43. The molecule has 0 bridgehead atoms. The molecule has 7 heteroatoms. The van der Waals surface area contributed by atoms with Crippen molar-refractivity contribution in [1.29, 1.82) is 0 Å². The van der Waals surface area contributed by atoms with Crippen LogP contribution in [0.3, 0.4) is 0 Å². The minimum Gasteiger partial charge on any atom is -0.356 e. The number of rotatable bonds is 5. The lowest BCUT2D eigenvalue weighted by Gasteiger charge is -2.16. The molecule has 1 aliphatic rings. The van der Waals surface area contributed by atoms with Gasteiger partial charge in [0.2, 0.25) is 10.1 Å². The molecular formula is C21H22N6S. The fourth-order valence-electron chi connectivity index (χ4n) is 3.80. The van der Waals surface area contributed by atoms with E-state index in [1.807, 2.05) is 29.0 Å². The Labute approximate surface area is 167 Å². The van der Waals surface area contributed by atoms with Crippen LogP contribution in [0, 0.1) is 5.92 Å². The second kappa shape index (κ2) is 7.33. The summed E-state index contributed by atoms with van der Waals surface area (Å²) < 4.78 is 1.86. The molecule has 1 N–H and O–H groups in total. The first-order chi connectivity index (χ1) is 13.7. The minimum absolute atomic E-state index is 0.400. The molecule has 28 heavy (non-hydrogen) atoms. The van der Waals surface area contributed by atoms with Gasteiger partial charge in [-0.1, -0.05) is 48.6 Å². The van der Waals surface area contributed by atoms with Gasteiger partial charge in [0.1, 0.15) is 0 Å². The summed E-state index contributed by atoms with van der Waals surface area (Å²) >= 11 is 1.60. The summed E-state index contributed by atoms with van der Waals surface area (Å²) in [5.41, 5.74) is 3.28. The first-order valence-electron chi connectivity index (χ1n) is 9.54.